The maximum absolute atomic E-state index is 3.29. The number of hydrogen-bond acceptors (Lipinski definition) is 2. The van der Waals surface area contributed by atoms with Gasteiger partial charge in [0.15, 0.2) is 0 Å². The first-order valence-corrected chi connectivity index (χ1v) is 4.98. The van der Waals surface area contributed by atoms with Gasteiger partial charge in [-0.25, -0.2) is 0 Å². The van der Waals surface area contributed by atoms with Crippen molar-refractivity contribution >= 4 is 0 Å². The molecule has 0 saturated carbocycles. The van der Waals surface area contributed by atoms with E-state index < -0.39 is 0 Å². The Kier molecular flexibility index (Phi) is 3.53. The molecule has 0 aromatic rings. The molecule has 0 aromatic carbocycles. The number of nitrogens with zero attached hydrogens (tertiary/aromatic N) is 1. The third kappa shape index (κ3) is 2.20. The second-order valence-electron chi connectivity index (χ2n) is 4.45. The first kappa shape index (κ1) is 10.0. The topological polar surface area (TPSA) is 15.3 Å². The van der Waals surface area contributed by atoms with Crippen LogP contribution in [0.25, 0.3) is 0 Å². The lowest BCUT2D eigenvalue weighted by Crippen LogP contribution is -2.50. The molecule has 0 spiro atoms. The monoisotopic (exact) mass is 170 g/mol. The first-order chi connectivity index (χ1) is 5.65. The van der Waals surface area contributed by atoms with E-state index in [1.54, 1.807) is 0 Å². The van der Waals surface area contributed by atoms with Crippen LogP contribution in [0, 0.1) is 17.8 Å². The van der Waals surface area contributed by atoms with Gasteiger partial charge in [0.25, 0.3) is 0 Å². The Morgan fingerprint density at radius 1 is 1.42 bits per heavy atom. The summed E-state index contributed by atoms with van der Waals surface area (Å²) in [7, 11) is 4.25. The van der Waals surface area contributed by atoms with Crippen LogP contribution in [0.4, 0.5) is 0 Å². The van der Waals surface area contributed by atoms with Crippen molar-refractivity contribution in [3.05, 3.63) is 0 Å². The predicted octanol–water partition coefficient (Wildman–Crippen LogP) is 1.04. The van der Waals surface area contributed by atoms with Crippen molar-refractivity contribution in [2.75, 3.05) is 33.7 Å². The lowest BCUT2D eigenvalue weighted by molar-refractivity contribution is 0.0625. The summed E-state index contributed by atoms with van der Waals surface area (Å²) < 4.78 is 0. The Morgan fingerprint density at radius 2 is 2.00 bits per heavy atom. The minimum Gasteiger partial charge on any atom is -0.319 e. The summed E-state index contributed by atoms with van der Waals surface area (Å²) in [6.45, 7) is 8.44. The van der Waals surface area contributed by atoms with Crippen molar-refractivity contribution in [1.82, 2.24) is 10.2 Å². The van der Waals surface area contributed by atoms with E-state index in [1.807, 2.05) is 0 Å². The average molecular weight is 170 g/mol. The minimum absolute atomic E-state index is 0.816. The van der Waals surface area contributed by atoms with Crippen LogP contribution in [-0.2, 0) is 0 Å². The molecule has 1 rings (SSSR count). The van der Waals surface area contributed by atoms with Crippen LogP contribution < -0.4 is 5.32 Å². The van der Waals surface area contributed by atoms with Gasteiger partial charge in [0.2, 0.25) is 0 Å². The SMILES string of the molecule is CNCC(C(C)C)C1CN(C)C1. The molecule has 1 saturated heterocycles. The molecule has 2 heteroatoms. The van der Waals surface area contributed by atoms with Gasteiger partial charge in [0.05, 0.1) is 0 Å². The Balaban J connectivity index is 2.33. The molecule has 12 heavy (non-hydrogen) atoms. The molecule has 1 atom stereocenters. The molecule has 1 heterocycles. The second kappa shape index (κ2) is 4.24. The van der Waals surface area contributed by atoms with Crippen LogP contribution in [0.15, 0.2) is 0 Å². The van der Waals surface area contributed by atoms with Gasteiger partial charge in [-0.3, -0.25) is 0 Å². The normalized spacial score (nSPS) is 22.8. The summed E-state index contributed by atoms with van der Waals surface area (Å²) in [6, 6.07) is 0. The van der Waals surface area contributed by atoms with E-state index in [4.69, 9.17) is 0 Å². The quantitative estimate of drug-likeness (QED) is 0.678. The first-order valence-electron chi connectivity index (χ1n) is 4.98. The molecule has 1 N–H and O–H groups in total. The summed E-state index contributed by atoms with van der Waals surface area (Å²) in [5.74, 6) is 2.62. The Bertz CT molecular complexity index is 128. The molecule has 1 aliphatic heterocycles. The standard InChI is InChI=1S/C10H22N2/c1-8(2)10(5-11-3)9-6-12(4)7-9/h8-11H,5-7H2,1-4H3. The van der Waals surface area contributed by atoms with Gasteiger partial charge in [0.1, 0.15) is 0 Å². The van der Waals surface area contributed by atoms with Crippen molar-refractivity contribution in [3.63, 3.8) is 0 Å². The lowest BCUT2D eigenvalue weighted by Gasteiger charge is -2.43. The van der Waals surface area contributed by atoms with Crippen molar-refractivity contribution in [1.29, 1.82) is 0 Å². The van der Waals surface area contributed by atoms with Crippen LogP contribution in [0.2, 0.25) is 0 Å². The molecule has 0 amide bonds. The zero-order valence-electron chi connectivity index (χ0n) is 8.80. The van der Waals surface area contributed by atoms with E-state index >= 15 is 0 Å². The van der Waals surface area contributed by atoms with Crippen molar-refractivity contribution in [2.24, 2.45) is 17.8 Å². The number of nitrogens with one attached hydrogen (secondary N) is 1. The van der Waals surface area contributed by atoms with Crippen molar-refractivity contribution in [2.45, 2.75) is 13.8 Å². The summed E-state index contributed by atoms with van der Waals surface area (Å²) in [5, 5.41) is 3.29. The van der Waals surface area contributed by atoms with Gasteiger partial charge in [-0.1, -0.05) is 13.8 Å². The highest BCUT2D eigenvalue weighted by Crippen LogP contribution is 2.27. The van der Waals surface area contributed by atoms with Crippen molar-refractivity contribution < 1.29 is 0 Å². The van der Waals surface area contributed by atoms with Gasteiger partial charge in [0, 0.05) is 13.1 Å². The zero-order valence-corrected chi connectivity index (χ0v) is 8.80. The van der Waals surface area contributed by atoms with Crippen LogP contribution in [0.5, 0.6) is 0 Å². The molecular formula is C10H22N2. The smallest absolute Gasteiger partial charge is 0.00222 e. The summed E-state index contributed by atoms with van der Waals surface area (Å²) >= 11 is 0. The molecule has 0 radical (unpaired) electrons. The van der Waals surface area contributed by atoms with Gasteiger partial charge < -0.3 is 10.2 Å². The third-order valence-corrected chi connectivity index (χ3v) is 2.99. The van der Waals surface area contributed by atoms with Gasteiger partial charge in [-0.15, -0.1) is 0 Å². The third-order valence-electron chi connectivity index (χ3n) is 2.99. The van der Waals surface area contributed by atoms with Crippen molar-refractivity contribution in [3.8, 4) is 0 Å². The summed E-state index contributed by atoms with van der Waals surface area (Å²) in [4.78, 5) is 2.40. The molecule has 0 aliphatic carbocycles. The highest BCUT2D eigenvalue weighted by atomic mass is 15.2. The molecule has 0 aromatic heterocycles. The number of likely N-dealkylation sites (tertiary alicyclic amines) is 1. The Hall–Kier alpha value is -0.0800. The van der Waals surface area contributed by atoms with E-state index in [1.165, 1.54) is 19.6 Å². The molecular weight excluding hydrogens is 148 g/mol. The maximum Gasteiger partial charge on any atom is 0.00222 e. The minimum atomic E-state index is 0.816. The number of rotatable bonds is 4. The van der Waals surface area contributed by atoms with E-state index in [-0.39, 0.29) is 0 Å². The lowest BCUT2D eigenvalue weighted by atomic mass is 9.79. The fourth-order valence-corrected chi connectivity index (χ4v) is 2.20. The van der Waals surface area contributed by atoms with Gasteiger partial charge in [-0.05, 0) is 38.4 Å². The zero-order chi connectivity index (χ0) is 9.14. The van der Waals surface area contributed by atoms with Crippen LogP contribution in [-0.4, -0.2) is 38.6 Å². The van der Waals surface area contributed by atoms with Gasteiger partial charge in [-0.2, -0.15) is 0 Å². The second-order valence-corrected chi connectivity index (χ2v) is 4.45. The highest BCUT2D eigenvalue weighted by molar-refractivity contribution is 4.85. The molecule has 1 fully saturated rings. The van der Waals surface area contributed by atoms with Gasteiger partial charge >= 0.3 is 0 Å². The fourth-order valence-electron chi connectivity index (χ4n) is 2.20. The molecule has 1 unspecified atom stereocenters. The molecule has 0 bridgehead atoms. The summed E-state index contributed by atoms with van der Waals surface area (Å²) in [5.41, 5.74) is 0. The summed E-state index contributed by atoms with van der Waals surface area (Å²) in [6.07, 6.45) is 0. The van der Waals surface area contributed by atoms with E-state index in [9.17, 15) is 0 Å². The molecule has 1 aliphatic rings. The van der Waals surface area contributed by atoms with E-state index in [0.29, 0.717) is 0 Å². The maximum atomic E-state index is 3.29. The van der Waals surface area contributed by atoms with Crippen LogP contribution in [0.1, 0.15) is 13.8 Å². The van der Waals surface area contributed by atoms with Crippen LogP contribution >= 0.6 is 0 Å². The largest absolute Gasteiger partial charge is 0.319 e. The van der Waals surface area contributed by atoms with Crippen LogP contribution in [0.3, 0.4) is 0 Å². The molecule has 72 valence electrons. The van der Waals surface area contributed by atoms with E-state index in [2.05, 4.69) is 38.2 Å². The fraction of sp³-hybridized carbons (Fsp3) is 1.00. The highest BCUT2D eigenvalue weighted by Gasteiger charge is 2.32. The molecule has 2 nitrogen and oxygen atoms in total. The Labute approximate surface area is 76.3 Å². The Morgan fingerprint density at radius 3 is 2.33 bits per heavy atom. The van der Waals surface area contributed by atoms with E-state index in [0.717, 1.165) is 17.8 Å². The number of hydrogen-bond donors (Lipinski definition) is 1. The predicted molar refractivity (Wildman–Crippen MR) is 53.2 cm³/mol. The average Bonchev–Trinajstić information content (AvgIpc) is 1.94.